The van der Waals surface area contributed by atoms with Gasteiger partial charge in [-0.3, -0.25) is 9.78 Å². The molecule has 0 aliphatic carbocycles. The third kappa shape index (κ3) is 4.01. The topological polar surface area (TPSA) is 42.4 Å². The highest BCUT2D eigenvalue weighted by Gasteiger charge is 2.25. The van der Waals surface area contributed by atoms with Crippen LogP contribution in [0.4, 0.5) is 0 Å². The Morgan fingerprint density at radius 1 is 1.07 bits per heavy atom. The Kier molecular flexibility index (Phi) is 5.56. The van der Waals surface area contributed by atoms with Crippen LogP contribution in [-0.4, -0.2) is 35.0 Å². The van der Waals surface area contributed by atoms with Crippen LogP contribution in [0.2, 0.25) is 0 Å². The van der Waals surface area contributed by atoms with Gasteiger partial charge in [-0.05, 0) is 36.2 Å². The van der Waals surface area contributed by atoms with E-state index in [2.05, 4.69) is 24.0 Å². The lowest BCUT2D eigenvalue weighted by Crippen LogP contribution is -2.41. The number of benzene rings is 2. The van der Waals surface area contributed by atoms with Crippen LogP contribution >= 0.6 is 0 Å². The van der Waals surface area contributed by atoms with Crippen LogP contribution in [0.15, 0.2) is 60.8 Å². The summed E-state index contributed by atoms with van der Waals surface area (Å²) in [7, 11) is 0. The van der Waals surface area contributed by atoms with Crippen molar-refractivity contribution in [1.29, 1.82) is 0 Å². The number of hydrogen-bond donors (Lipinski definition) is 0. The predicted octanol–water partition coefficient (Wildman–Crippen LogP) is 4.87. The summed E-state index contributed by atoms with van der Waals surface area (Å²) in [6.45, 7) is 3.61. The summed E-state index contributed by atoms with van der Waals surface area (Å²) < 4.78 is 6.24. The van der Waals surface area contributed by atoms with Crippen molar-refractivity contribution < 1.29 is 9.53 Å². The standard InChI is InChI=1S/C24H26N2O2/c1-2-5-18-9-11-20(12-10-18)24(27)26-16-13-21(14-17-26)28-22-8-3-6-19-7-4-15-25-23(19)22/h3-4,6-12,15,21H,2,5,13-14,16-17H2,1H3. The summed E-state index contributed by atoms with van der Waals surface area (Å²) in [5.41, 5.74) is 2.96. The average molecular weight is 374 g/mol. The number of carbonyl (C=O) groups is 1. The predicted molar refractivity (Wildman–Crippen MR) is 112 cm³/mol. The lowest BCUT2D eigenvalue weighted by molar-refractivity contribution is 0.0597. The highest BCUT2D eigenvalue weighted by Crippen LogP contribution is 2.26. The Balaban J connectivity index is 1.37. The van der Waals surface area contributed by atoms with Crippen LogP contribution in [0.25, 0.3) is 10.9 Å². The van der Waals surface area contributed by atoms with Gasteiger partial charge in [0.1, 0.15) is 17.4 Å². The molecule has 3 aromatic rings. The lowest BCUT2D eigenvalue weighted by atomic mass is 10.0. The van der Waals surface area contributed by atoms with Crippen molar-refractivity contribution in [3.8, 4) is 5.75 Å². The van der Waals surface area contributed by atoms with Gasteiger partial charge in [-0.2, -0.15) is 0 Å². The van der Waals surface area contributed by atoms with Gasteiger partial charge in [0, 0.05) is 43.1 Å². The fourth-order valence-corrected chi connectivity index (χ4v) is 3.81. The molecule has 0 radical (unpaired) electrons. The number of rotatable bonds is 5. The van der Waals surface area contributed by atoms with E-state index in [1.807, 2.05) is 47.4 Å². The summed E-state index contributed by atoms with van der Waals surface area (Å²) in [5, 5.41) is 1.08. The van der Waals surface area contributed by atoms with Crippen molar-refractivity contribution in [2.45, 2.75) is 38.7 Å². The first-order valence-electron chi connectivity index (χ1n) is 10.1. The second-order valence-electron chi connectivity index (χ2n) is 7.39. The monoisotopic (exact) mass is 374 g/mol. The summed E-state index contributed by atoms with van der Waals surface area (Å²) in [6.07, 6.45) is 5.75. The van der Waals surface area contributed by atoms with Crippen LogP contribution in [-0.2, 0) is 6.42 Å². The highest BCUT2D eigenvalue weighted by atomic mass is 16.5. The number of likely N-dealkylation sites (tertiary alicyclic amines) is 1. The van der Waals surface area contributed by atoms with E-state index >= 15 is 0 Å². The molecule has 0 saturated carbocycles. The van der Waals surface area contributed by atoms with Gasteiger partial charge in [0.05, 0.1) is 0 Å². The average Bonchev–Trinajstić information content (AvgIpc) is 2.75. The number of para-hydroxylation sites is 1. The van der Waals surface area contributed by atoms with E-state index in [4.69, 9.17) is 4.74 Å². The molecule has 28 heavy (non-hydrogen) atoms. The van der Waals surface area contributed by atoms with Gasteiger partial charge in [0.15, 0.2) is 0 Å². The SMILES string of the molecule is CCCc1ccc(C(=O)N2CCC(Oc3cccc4cccnc34)CC2)cc1. The van der Waals surface area contributed by atoms with Crippen LogP contribution in [0, 0.1) is 0 Å². The normalized spacial score (nSPS) is 15.0. The molecule has 4 rings (SSSR count). The molecule has 0 atom stereocenters. The molecule has 0 spiro atoms. The molecule has 0 bridgehead atoms. The van der Waals surface area contributed by atoms with E-state index in [1.165, 1.54) is 5.56 Å². The third-order valence-corrected chi connectivity index (χ3v) is 5.36. The molecule has 2 aromatic carbocycles. The Bertz CT molecular complexity index is 939. The quantitative estimate of drug-likeness (QED) is 0.640. The summed E-state index contributed by atoms with van der Waals surface area (Å²) >= 11 is 0. The fourth-order valence-electron chi connectivity index (χ4n) is 3.81. The number of fused-ring (bicyclic) bond motifs is 1. The van der Waals surface area contributed by atoms with Gasteiger partial charge >= 0.3 is 0 Å². The Morgan fingerprint density at radius 3 is 2.57 bits per heavy atom. The zero-order valence-corrected chi connectivity index (χ0v) is 16.3. The van der Waals surface area contributed by atoms with Crippen molar-refractivity contribution in [2.24, 2.45) is 0 Å². The molecule has 1 amide bonds. The van der Waals surface area contributed by atoms with Gasteiger partial charge in [0.25, 0.3) is 5.91 Å². The molecule has 2 heterocycles. The first-order chi connectivity index (χ1) is 13.7. The minimum absolute atomic E-state index is 0.114. The summed E-state index contributed by atoms with van der Waals surface area (Å²) in [4.78, 5) is 19.2. The Hall–Kier alpha value is -2.88. The minimum atomic E-state index is 0.114. The maximum Gasteiger partial charge on any atom is 0.253 e. The van der Waals surface area contributed by atoms with E-state index in [9.17, 15) is 4.79 Å². The van der Waals surface area contributed by atoms with Gasteiger partial charge < -0.3 is 9.64 Å². The number of hydrogen-bond acceptors (Lipinski definition) is 3. The number of piperidine rings is 1. The summed E-state index contributed by atoms with van der Waals surface area (Å²) in [5.74, 6) is 0.947. The molecule has 0 N–H and O–H groups in total. The zero-order chi connectivity index (χ0) is 19.3. The lowest BCUT2D eigenvalue weighted by Gasteiger charge is -2.32. The van der Waals surface area contributed by atoms with Gasteiger partial charge in [-0.25, -0.2) is 0 Å². The Morgan fingerprint density at radius 2 is 1.82 bits per heavy atom. The zero-order valence-electron chi connectivity index (χ0n) is 16.3. The molecule has 1 saturated heterocycles. The molecule has 4 heteroatoms. The number of ether oxygens (including phenoxy) is 1. The number of pyridine rings is 1. The highest BCUT2D eigenvalue weighted by molar-refractivity contribution is 5.94. The molecule has 144 valence electrons. The van der Waals surface area contributed by atoms with E-state index in [1.54, 1.807) is 6.20 Å². The van der Waals surface area contributed by atoms with Crippen molar-refractivity contribution in [1.82, 2.24) is 9.88 Å². The van der Waals surface area contributed by atoms with Crippen molar-refractivity contribution in [3.05, 3.63) is 71.9 Å². The van der Waals surface area contributed by atoms with Gasteiger partial charge in [-0.1, -0.05) is 43.7 Å². The molecule has 1 fully saturated rings. The molecular formula is C24H26N2O2. The molecule has 0 unspecified atom stereocenters. The van der Waals surface area contributed by atoms with E-state index in [0.29, 0.717) is 0 Å². The maximum absolute atomic E-state index is 12.8. The van der Waals surface area contributed by atoms with E-state index < -0.39 is 0 Å². The molecule has 4 nitrogen and oxygen atoms in total. The van der Waals surface area contributed by atoms with Crippen molar-refractivity contribution >= 4 is 16.8 Å². The van der Waals surface area contributed by atoms with Crippen LogP contribution in [0.1, 0.15) is 42.1 Å². The first kappa shape index (κ1) is 18.5. The van der Waals surface area contributed by atoms with Crippen molar-refractivity contribution in [3.63, 3.8) is 0 Å². The second kappa shape index (κ2) is 8.42. The smallest absolute Gasteiger partial charge is 0.253 e. The second-order valence-corrected chi connectivity index (χ2v) is 7.39. The first-order valence-corrected chi connectivity index (χ1v) is 10.1. The third-order valence-electron chi connectivity index (χ3n) is 5.36. The molecule has 1 aromatic heterocycles. The van der Waals surface area contributed by atoms with E-state index in [-0.39, 0.29) is 12.0 Å². The van der Waals surface area contributed by atoms with Crippen molar-refractivity contribution in [2.75, 3.05) is 13.1 Å². The largest absolute Gasteiger partial charge is 0.488 e. The number of amides is 1. The number of aromatic nitrogens is 1. The molecule has 1 aliphatic rings. The summed E-state index contributed by atoms with van der Waals surface area (Å²) in [6, 6.07) is 18.1. The van der Waals surface area contributed by atoms with Crippen LogP contribution in [0.3, 0.4) is 0 Å². The van der Waals surface area contributed by atoms with E-state index in [0.717, 1.165) is 61.0 Å². The minimum Gasteiger partial charge on any atom is -0.488 e. The number of carbonyl (C=O) groups excluding carboxylic acids is 1. The Labute approximate surface area is 166 Å². The van der Waals surface area contributed by atoms with Gasteiger partial charge in [0.2, 0.25) is 0 Å². The van der Waals surface area contributed by atoms with Gasteiger partial charge in [-0.15, -0.1) is 0 Å². The number of nitrogens with zero attached hydrogens (tertiary/aromatic N) is 2. The van der Waals surface area contributed by atoms with Crippen LogP contribution < -0.4 is 4.74 Å². The maximum atomic E-state index is 12.8. The number of aryl methyl sites for hydroxylation is 1. The van der Waals surface area contributed by atoms with Crippen LogP contribution in [0.5, 0.6) is 5.75 Å². The molecule has 1 aliphatic heterocycles. The molecular weight excluding hydrogens is 348 g/mol. The fraction of sp³-hybridized carbons (Fsp3) is 0.333.